The summed E-state index contributed by atoms with van der Waals surface area (Å²) in [4.78, 5) is 13.4. The summed E-state index contributed by atoms with van der Waals surface area (Å²) in [5.74, 6) is 0.0967. The Kier molecular flexibility index (Phi) is 4.57. The zero-order chi connectivity index (χ0) is 15.6. The second-order valence-electron chi connectivity index (χ2n) is 6.16. The van der Waals surface area contributed by atoms with Crippen LogP contribution < -0.4 is 0 Å². The lowest BCUT2D eigenvalue weighted by Gasteiger charge is -2.27. The van der Waals surface area contributed by atoms with E-state index < -0.39 is 5.41 Å². The van der Waals surface area contributed by atoms with Crippen molar-refractivity contribution in [2.75, 3.05) is 0 Å². The van der Waals surface area contributed by atoms with Crippen LogP contribution in [0.15, 0.2) is 24.3 Å². The highest BCUT2D eigenvalue weighted by Gasteiger charge is 2.34. The van der Waals surface area contributed by atoms with Gasteiger partial charge >= 0.3 is 0 Å². The summed E-state index contributed by atoms with van der Waals surface area (Å²) in [5.41, 5.74) is -0.590. The first-order valence-electron chi connectivity index (χ1n) is 7.09. The molecular formula is C17H20FNOS. The minimum absolute atomic E-state index is 0.0142. The Hall–Kier alpha value is -1.55. The van der Waals surface area contributed by atoms with Gasteiger partial charge in [0.2, 0.25) is 0 Å². The van der Waals surface area contributed by atoms with Gasteiger partial charge in [0.05, 0.1) is 9.58 Å². The number of halogens is 1. The SMILES string of the molecule is CC(C)CC(C)(CC=N)C(=O)c1cc2cccc(F)c2s1. The Morgan fingerprint density at radius 2 is 2.19 bits per heavy atom. The van der Waals surface area contributed by atoms with Gasteiger partial charge in [0.25, 0.3) is 0 Å². The predicted octanol–water partition coefficient (Wildman–Crippen LogP) is 5.32. The minimum atomic E-state index is -0.590. The first-order valence-corrected chi connectivity index (χ1v) is 7.91. The average Bonchev–Trinajstić information content (AvgIpc) is 2.82. The van der Waals surface area contributed by atoms with E-state index in [1.165, 1.54) is 23.6 Å². The van der Waals surface area contributed by atoms with E-state index in [-0.39, 0.29) is 11.6 Å². The summed E-state index contributed by atoms with van der Waals surface area (Å²) in [7, 11) is 0. The molecule has 1 atom stereocenters. The summed E-state index contributed by atoms with van der Waals surface area (Å²) < 4.78 is 14.3. The molecule has 0 aliphatic rings. The standard InChI is InChI=1S/C17H20FNOS/c1-11(2)10-17(3,7-8-19)16(20)14-9-12-5-4-6-13(18)15(12)21-14/h4-6,8-9,11,19H,7,10H2,1-3H3. The first kappa shape index (κ1) is 15.8. The maximum absolute atomic E-state index is 13.8. The van der Waals surface area contributed by atoms with Crippen LogP contribution >= 0.6 is 11.3 Å². The van der Waals surface area contributed by atoms with E-state index in [0.29, 0.717) is 21.9 Å². The third-order valence-corrected chi connectivity index (χ3v) is 4.84. The third-order valence-electron chi connectivity index (χ3n) is 3.68. The fourth-order valence-electron chi connectivity index (χ4n) is 2.83. The Balaban J connectivity index is 2.43. The molecule has 1 aromatic heterocycles. The molecule has 1 N–H and O–H groups in total. The molecule has 1 heterocycles. The minimum Gasteiger partial charge on any atom is -0.313 e. The molecule has 1 unspecified atom stereocenters. The predicted molar refractivity (Wildman–Crippen MR) is 87.1 cm³/mol. The fraction of sp³-hybridized carbons (Fsp3) is 0.412. The van der Waals surface area contributed by atoms with Crippen molar-refractivity contribution in [1.82, 2.24) is 0 Å². The number of carbonyl (C=O) groups is 1. The number of nitrogens with one attached hydrogen (secondary N) is 1. The zero-order valence-electron chi connectivity index (χ0n) is 12.6. The molecule has 2 nitrogen and oxygen atoms in total. The highest BCUT2D eigenvalue weighted by Crippen LogP contribution is 2.37. The molecule has 0 bridgehead atoms. The molecule has 0 saturated heterocycles. The number of hydrogen-bond acceptors (Lipinski definition) is 3. The largest absolute Gasteiger partial charge is 0.313 e. The Morgan fingerprint density at radius 1 is 1.48 bits per heavy atom. The van der Waals surface area contributed by atoms with Crippen molar-refractivity contribution in [1.29, 1.82) is 5.41 Å². The van der Waals surface area contributed by atoms with Gasteiger partial charge in [-0.15, -0.1) is 11.3 Å². The molecule has 2 aromatic rings. The molecule has 2 rings (SSSR count). The molecule has 21 heavy (non-hydrogen) atoms. The number of Topliss-reactive ketones (excluding diaryl/α,β-unsaturated/α-hetero) is 1. The van der Waals surface area contributed by atoms with Crippen molar-refractivity contribution >= 4 is 33.4 Å². The molecule has 0 aliphatic heterocycles. The van der Waals surface area contributed by atoms with Gasteiger partial charge in [-0.1, -0.05) is 32.9 Å². The van der Waals surface area contributed by atoms with E-state index in [9.17, 15) is 9.18 Å². The Bertz CT molecular complexity index is 676. The lowest BCUT2D eigenvalue weighted by atomic mass is 9.75. The second-order valence-corrected chi connectivity index (χ2v) is 7.22. The number of rotatable bonds is 6. The topological polar surface area (TPSA) is 40.9 Å². The molecule has 1 aromatic carbocycles. The molecule has 0 amide bonds. The van der Waals surface area contributed by atoms with Crippen LogP contribution in [0, 0.1) is 22.6 Å². The summed E-state index contributed by atoms with van der Waals surface area (Å²) >= 11 is 1.21. The Labute approximate surface area is 128 Å². The molecule has 0 radical (unpaired) electrons. The quantitative estimate of drug-likeness (QED) is 0.570. The van der Waals surface area contributed by atoms with Crippen LogP contribution in [0.1, 0.15) is 43.3 Å². The smallest absolute Gasteiger partial charge is 0.179 e. The highest BCUT2D eigenvalue weighted by atomic mass is 32.1. The van der Waals surface area contributed by atoms with Crippen LogP contribution in [0.25, 0.3) is 10.1 Å². The first-order chi connectivity index (χ1) is 9.87. The molecule has 0 fully saturated rings. The second kappa shape index (κ2) is 6.06. The van der Waals surface area contributed by atoms with E-state index in [1.54, 1.807) is 12.1 Å². The van der Waals surface area contributed by atoms with Gasteiger partial charge in [0.1, 0.15) is 5.82 Å². The summed E-state index contributed by atoms with van der Waals surface area (Å²) in [6, 6.07) is 6.66. The summed E-state index contributed by atoms with van der Waals surface area (Å²) in [6.45, 7) is 6.04. The lowest BCUT2D eigenvalue weighted by molar-refractivity contribution is 0.0797. The highest BCUT2D eigenvalue weighted by molar-refractivity contribution is 7.20. The van der Waals surface area contributed by atoms with Gasteiger partial charge in [-0.05, 0) is 42.5 Å². The molecule has 0 spiro atoms. The Morgan fingerprint density at radius 3 is 2.76 bits per heavy atom. The monoisotopic (exact) mass is 305 g/mol. The van der Waals surface area contributed by atoms with Crippen LogP contribution in [0.5, 0.6) is 0 Å². The van der Waals surface area contributed by atoms with Gasteiger partial charge in [-0.25, -0.2) is 4.39 Å². The number of hydrogen-bond donors (Lipinski definition) is 1. The molecule has 112 valence electrons. The molecule has 0 saturated carbocycles. The van der Waals surface area contributed by atoms with Gasteiger partial charge in [-0.3, -0.25) is 4.79 Å². The lowest BCUT2D eigenvalue weighted by Crippen LogP contribution is -2.29. The van der Waals surface area contributed by atoms with Crippen LogP contribution in [-0.2, 0) is 0 Å². The van der Waals surface area contributed by atoms with E-state index in [2.05, 4.69) is 13.8 Å². The van der Waals surface area contributed by atoms with E-state index in [0.717, 1.165) is 11.8 Å². The number of benzene rings is 1. The van der Waals surface area contributed by atoms with Crippen LogP contribution in [0.2, 0.25) is 0 Å². The van der Waals surface area contributed by atoms with Crippen molar-refractivity contribution in [3.8, 4) is 0 Å². The molecule has 4 heteroatoms. The average molecular weight is 305 g/mol. The summed E-state index contributed by atoms with van der Waals surface area (Å²) in [5, 5.41) is 8.13. The van der Waals surface area contributed by atoms with E-state index in [4.69, 9.17) is 5.41 Å². The van der Waals surface area contributed by atoms with Crippen LogP contribution in [0.4, 0.5) is 4.39 Å². The summed E-state index contributed by atoms with van der Waals surface area (Å²) in [6.07, 6.45) is 2.44. The number of ketones is 1. The maximum Gasteiger partial charge on any atom is 0.179 e. The van der Waals surface area contributed by atoms with E-state index in [1.807, 2.05) is 13.0 Å². The fourth-order valence-corrected chi connectivity index (χ4v) is 3.99. The third kappa shape index (κ3) is 3.21. The van der Waals surface area contributed by atoms with Crippen molar-refractivity contribution in [3.63, 3.8) is 0 Å². The van der Waals surface area contributed by atoms with Crippen LogP contribution in [0.3, 0.4) is 0 Å². The molecule has 0 aliphatic carbocycles. The van der Waals surface area contributed by atoms with Gasteiger partial charge in [0.15, 0.2) is 5.78 Å². The van der Waals surface area contributed by atoms with Crippen molar-refractivity contribution in [2.24, 2.45) is 11.3 Å². The number of fused-ring (bicyclic) bond motifs is 1. The van der Waals surface area contributed by atoms with Crippen LogP contribution in [-0.4, -0.2) is 12.0 Å². The van der Waals surface area contributed by atoms with E-state index >= 15 is 0 Å². The zero-order valence-corrected chi connectivity index (χ0v) is 13.4. The van der Waals surface area contributed by atoms with Crippen molar-refractivity contribution in [3.05, 3.63) is 35.0 Å². The maximum atomic E-state index is 13.8. The van der Waals surface area contributed by atoms with Crippen molar-refractivity contribution < 1.29 is 9.18 Å². The van der Waals surface area contributed by atoms with Gasteiger partial charge in [-0.2, -0.15) is 0 Å². The van der Waals surface area contributed by atoms with Crippen molar-refractivity contribution in [2.45, 2.75) is 33.6 Å². The number of carbonyl (C=O) groups excluding carboxylic acids is 1. The molecular weight excluding hydrogens is 285 g/mol. The number of thiophene rings is 1. The van der Waals surface area contributed by atoms with Gasteiger partial charge in [0, 0.05) is 5.41 Å². The normalized spacial score (nSPS) is 14.3. The van der Waals surface area contributed by atoms with Gasteiger partial charge < -0.3 is 5.41 Å².